The van der Waals surface area contributed by atoms with Gasteiger partial charge in [0.15, 0.2) is 0 Å². The molecule has 2 rings (SSSR count). The molecule has 2 aromatic rings. The highest BCUT2D eigenvalue weighted by Crippen LogP contribution is 2.27. The number of methoxy groups -OCH3 is 1. The van der Waals surface area contributed by atoms with Crippen molar-refractivity contribution >= 4 is 29.1 Å². The van der Waals surface area contributed by atoms with E-state index in [-0.39, 0.29) is 5.91 Å². The zero-order valence-corrected chi connectivity index (χ0v) is 14.0. The molecular formula is C16H16Cl2N2O3. The number of benzene rings is 1. The second-order valence-corrected chi connectivity index (χ2v) is 5.44. The van der Waals surface area contributed by atoms with Gasteiger partial charge in [0.25, 0.3) is 5.91 Å². The van der Waals surface area contributed by atoms with E-state index in [2.05, 4.69) is 10.3 Å². The van der Waals surface area contributed by atoms with Crippen LogP contribution in [0.3, 0.4) is 0 Å². The first kappa shape index (κ1) is 17.4. The van der Waals surface area contributed by atoms with Crippen LogP contribution in [0.2, 0.25) is 10.0 Å². The summed E-state index contributed by atoms with van der Waals surface area (Å²) in [5.74, 6) is 0.630. The molecule has 0 bridgehead atoms. The van der Waals surface area contributed by atoms with Gasteiger partial charge in [0.05, 0.1) is 18.7 Å². The quantitative estimate of drug-likeness (QED) is 0.771. The van der Waals surface area contributed by atoms with Crippen molar-refractivity contribution in [3.05, 3.63) is 52.1 Å². The van der Waals surface area contributed by atoms with Gasteiger partial charge in [-0.25, -0.2) is 4.98 Å². The highest BCUT2D eigenvalue weighted by atomic mass is 35.5. The molecule has 5 nitrogen and oxygen atoms in total. The minimum absolute atomic E-state index is 0.237. The molecule has 0 unspecified atom stereocenters. The number of hydrogen-bond donors (Lipinski definition) is 1. The SMILES string of the molecule is COc1ncccc1C(=O)NCCCOc1ccc(Cl)cc1Cl. The molecule has 1 amide bonds. The van der Waals surface area contributed by atoms with Gasteiger partial charge in [0, 0.05) is 17.8 Å². The van der Waals surface area contributed by atoms with E-state index in [9.17, 15) is 4.79 Å². The zero-order valence-electron chi connectivity index (χ0n) is 12.5. The maximum absolute atomic E-state index is 12.0. The summed E-state index contributed by atoms with van der Waals surface area (Å²) in [6.45, 7) is 0.883. The van der Waals surface area contributed by atoms with Crippen LogP contribution in [0, 0.1) is 0 Å². The number of ether oxygens (including phenoxy) is 2. The van der Waals surface area contributed by atoms with Gasteiger partial charge in [0.2, 0.25) is 5.88 Å². The highest BCUT2D eigenvalue weighted by molar-refractivity contribution is 6.35. The van der Waals surface area contributed by atoms with E-state index in [0.717, 1.165) is 0 Å². The van der Waals surface area contributed by atoms with Crippen molar-refractivity contribution < 1.29 is 14.3 Å². The average molecular weight is 355 g/mol. The molecule has 0 atom stereocenters. The largest absolute Gasteiger partial charge is 0.492 e. The summed E-state index contributed by atoms with van der Waals surface area (Å²) in [7, 11) is 1.48. The Morgan fingerprint density at radius 3 is 2.87 bits per heavy atom. The van der Waals surface area contributed by atoms with Gasteiger partial charge < -0.3 is 14.8 Å². The van der Waals surface area contributed by atoms with Crippen molar-refractivity contribution in [2.45, 2.75) is 6.42 Å². The van der Waals surface area contributed by atoms with E-state index in [1.807, 2.05) is 0 Å². The number of rotatable bonds is 7. The standard InChI is InChI=1S/C16H16Cl2N2O3/c1-22-16-12(4-2-7-20-16)15(21)19-8-3-9-23-14-6-5-11(17)10-13(14)18/h2,4-7,10H,3,8-9H2,1H3,(H,19,21). The Bertz CT molecular complexity index is 680. The van der Waals surface area contributed by atoms with Crippen LogP contribution in [-0.4, -0.2) is 31.2 Å². The lowest BCUT2D eigenvalue weighted by atomic mass is 10.2. The molecule has 0 saturated carbocycles. The average Bonchev–Trinajstić information content (AvgIpc) is 2.56. The van der Waals surface area contributed by atoms with Crippen LogP contribution < -0.4 is 14.8 Å². The van der Waals surface area contributed by atoms with Crippen LogP contribution in [0.25, 0.3) is 0 Å². The number of carbonyl (C=O) groups is 1. The van der Waals surface area contributed by atoms with Crippen molar-refractivity contribution in [3.63, 3.8) is 0 Å². The first-order chi connectivity index (χ1) is 11.1. The van der Waals surface area contributed by atoms with Gasteiger partial charge in [-0.1, -0.05) is 23.2 Å². The van der Waals surface area contributed by atoms with Crippen molar-refractivity contribution in [3.8, 4) is 11.6 Å². The van der Waals surface area contributed by atoms with E-state index in [1.165, 1.54) is 7.11 Å². The molecule has 0 fully saturated rings. The number of nitrogens with zero attached hydrogens (tertiary/aromatic N) is 1. The predicted molar refractivity (Wildman–Crippen MR) is 89.7 cm³/mol. The maximum atomic E-state index is 12.0. The number of hydrogen-bond acceptors (Lipinski definition) is 4. The Kier molecular flexibility index (Phi) is 6.50. The van der Waals surface area contributed by atoms with Crippen LogP contribution in [0.1, 0.15) is 16.8 Å². The zero-order chi connectivity index (χ0) is 16.7. The van der Waals surface area contributed by atoms with Gasteiger partial charge in [0.1, 0.15) is 11.3 Å². The number of carbonyl (C=O) groups excluding carboxylic acids is 1. The fourth-order valence-corrected chi connectivity index (χ4v) is 2.33. The minimum Gasteiger partial charge on any atom is -0.492 e. The molecule has 1 aromatic heterocycles. The summed E-state index contributed by atoms with van der Waals surface area (Å²) in [6.07, 6.45) is 2.20. The Hall–Kier alpha value is -1.98. The second kappa shape index (κ2) is 8.60. The van der Waals surface area contributed by atoms with Crippen molar-refractivity contribution in [1.82, 2.24) is 10.3 Å². The lowest BCUT2D eigenvalue weighted by molar-refractivity contribution is 0.0948. The van der Waals surface area contributed by atoms with Crippen LogP contribution in [-0.2, 0) is 0 Å². The van der Waals surface area contributed by atoms with E-state index < -0.39 is 0 Å². The maximum Gasteiger partial charge on any atom is 0.256 e. The summed E-state index contributed by atoms with van der Waals surface area (Å²) < 4.78 is 10.6. The van der Waals surface area contributed by atoms with Crippen LogP contribution in [0.5, 0.6) is 11.6 Å². The first-order valence-electron chi connectivity index (χ1n) is 6.97. The minimum atomic E-state index is -0.237. The number of amides is 1. The van der Waals surface area contributed by atoms with Crippen molar-refractivity contribution in [1.29, 1.82) is 0 Å². The van der Waals surface area contributed by atoms with Gasteiger partial charge in [-0.3, -0.25) is 4.79 Å². The van der Waals surface area contributed by atoms with Gasteiger partial charge in [-0.15, -0.1) is 0 Å². The lowest BCUT2D eigenvalue weighted by Gasteiger charge is -2.10. The molecule has 7 heteroatoms. The van der Waals surface area contributed by atoms with Crippen molar-refractivity contribution in [2.24, 2.45) is 0 Å². The van der Waals surface area contributed by atoms with E-state index in [4.69, 9.17) is 32.7 Å². The Morgan fingerprint density at radius 2 is 2.13 bits per heavy atom. The topological polar surface area (TPSA) is 60.5 Å². The number of halogens is 2. The first-order valence-corrected chi connectivity index (χ1v) is 7.72. The normalized spacial score (nSPS) is 10.2. The molecule has 1 heterocycles. The number of aromatic nitrogens is 1. The molecule has 0 radical (unpaired) electrons. The number of nitrogens with one attached hydrogen (secondary N) is 1. The fraction of sp³-hybridized carbons (Fsp3) is 0.250. The van der Waals surface area contributed by atoms with Gasteiger partial charge in [-0.2, -0.15) is 0 Å². The molecule has 0 aliphatic heterocycles. The molecular weight excluding hydrogens is 339 g/mol. The molecule has 0 spiro atoms. The van der Waals surface area contributed by atoms with Gasteiger partial charge in [-0.05, 0) is 36.8 Å². The molecule has 0 aliphatic carbocycles. The third kappa shape index (κ3) is 5.01. The van der Waals surface area contributed by atoms with Crippen LogP contribution in [0.15, 0.2) is 36.5 Å². The fourth-order valence-electron chi connectivity index (χ4n) is 1.87. The van der Waals surface area contributed by atoms with Crippen LogP contribution in [0.4, 0.5) is 0 Å². The summed E-state index contributed by atoms with van der Waals surface area (Å²) in [6, 6.07) is 8.38. The van der Waals surface area contributed by atoms with Crippen LogP contribution >= 0.6 is 23.2 Å². The third-order valence-corrected chi connectivity index (χ3v) is 3.50. The Labute approximate surface area is 144 Å². The summed E-state index contributed by atoms with van der Waals surface area (Å²) in [5, 5.41) is 3.81. The smallest absolute Gasteiger partial charge is 0.256 e. The Balaban J connectivity index is 1.76. The monoisotopic (exact) mass is 354 g/mol. The van der Waals surface area contributed by atoms with Gasteiger partial charge >= 0.3 is 0 Å². The Morgan fingerprint density at radius 1 is 1.30 bits per heavy atom. The van der Waals surface area contributed by atoms with E-state index in [1.54, 1.807) is 36.5 Å². The molecule has 122 valence electrons. The third-order valence-electron chi connectivity index (χ3n) is 2.97. The molecule has 1 aromatic carbocycles. The lowest BCUT2D eigenvalue weighted by Crippen LogP contribution is -2.26. The second-order valence-electron chi connectivity index (χ2n) is 4.59. The predicted octanol–water partition coefficient (Wildman–Crippen LogP) is 3.60. The van der Waals surface area contributed by atoms with E-state index >= 15 is 0 Å². The summed E-state index contributed by atoms with van der Waals surface area (Å²) in [4.78, 5) is 16.0. The molecule has 23 heavy (non-hydrogen) atoms. The molecule has 0 aliphatic rings. The molecule has 0 saturated heterocycles. The molecule has 1 N–H and O–H groups in total. The summed E-state index contributed by atoms with van der Waals surface area (Å²) >= 11 is 11.8. The van der Waals surface area contributed by atoms with E-state index in [0.29, 0.717) is 46.8 Å². The summed E-state index contributed by atoms with van der Waals surface area (Å²) in [5.41, 5.74) is 0.400. The number of pyridine rings is 1. The van der Waals surface area contributed by atoms with Crippen molar-refractivity contribution in [2.75, 3.05) is 20.3 Å². The highest BCUT2D eigenvalue weighted by Gasteiger charge is 2.11.